The minimum Gasteiger partial charge on any atom is -0.479 e. The van der Waals surface area contributed by atoms with Crippen molar-refractivity contribution < 1.29 is 14.6 Å². The van der Waals surface area contributed by atoms with Crippen LogP contribution >= 0.6 is 0 Å². The van der Waals surface area contributed by atoms with Gasteiger partial charge in [-0.25, -0.2) is 4.79 Å². The summed E-state index contributed by atoms with van der Waals surface area (Å²) < 4.78 is 5.39. The standard InChI is InChI=1S/C11H21NO3/c1-3-4-8(2)12-7-9-5-6-10(15-9)11(13)14/h8-10,12H,3-7H2,1-2H3,(H,13,14). The fourth-order valence-electron chi connectivity index (χ4n) is 1.91. The number of nitrogens with one attached hydrogen (secondary N) is 1. The molecule has 1 rings (SSSR count). The summed E-state index contributed by atoms with van der Waals surface area (Å²) >= 11 is 0. The van der Waals surface area contributed by atoms with Crippen LogP contribution in [0.25, 0.3) is 0 Å². The summed E-state index contributed by atoms with van der Waals surface area (Å²) in [6.07, 6.45) is 3.29. The lowest BCUT2D eigenvalue weighted by molar-refractivity contribution is -0.149. The maximum atomic E-state index is 10.6. The van der Waals surface area contributed by atoms with Gasteiger partial charge >= 0.3 is 5.97 Å². The number of aliphatic carboxylic acids is 1. The van der Waals surface area contributed by atoms with Crippen molar-refractivity contribution >= 4 is 5.97 Å². The first kappa shape index (κ1) is 12.5. The molecule has 0 saturated carbocycles. The Bertz CT molecular complexity index is 208. The van der Waals surface area contributed by atoms with Gasteiger partial charge < -0.3 is 15.2 Å². The Labute approximate surface area is 91.0 Å². The molecule has 1 fully saturated rings. The summed E-state index contributed by atoms with van der Waals surface area (Å²) in [5.41, 5.74) is 0. The van der Waals surface area contributed by atoms with Crippen molar-refractivity contribution in [3.63, 3.8) is 0 Å². The van der Waals surface area contributed by atoms with E-state index in [0.717, 1.165) is 25.8 Å². The molecule has 0 aromatic carbocycles. The van der Waals surface area contributed by atoms with Crippen LogP contribution < -0.4 is 5.32 Å². The smallest absolute Gasteiger partial charge is 0.332 e. The van der Waals surface area contributed by atoms with Gasteiger partial charge in [0.25, 0.3) is 0 Å². The van der Waals surface area contributed by atoms with E-state index >= 15 is 0 Å². The predicted molar refractivity (Wildman–Crippen MR) is 57.9 cm³/mol. The largest absolute Gasteiger partial charge is 0.479 e. The fourth-order valence-corrected chi connectivity index (χ4v) is 1.91. The van der Waals surface area contributed by atoms with Crippen LogP contribution in [0.4, 0.5) is 0 Å². The molecule has 0 aromatic rings. The van der Waals surface area contributed by atoms with Crippen LogP contribution in [0.5, 0.6) is 0 Å². The quantitative estimate of drug-likeness (QED) is 0.703. The normalized spacial score (nSPS) is 27.9. The van der Waals surface area contributed by atoms with Crippen LogP contribution in [-0.2, 0) is 9.53 Å². The highest BCUT2D eigenvalue weighted by Crippen LogP contribution is 2.19. The summed E-state index contributed by atoms with van der Waals surface area (Å²) in [5, 5.41) is 12.1. The number of hydrogen-bond donors (Lipinski definition) is 2. The van der Waals surface area contributed by atoms with E-state index in [9.17, 15) is 4.79 Å². The van der Waals surface area contributed by atoms with Gasteiger partial charge in [0.2, 0.25) is 0 Å². The first-order valence-corrected chi connectivity index (χ1v) is 5.75. The van der Waals surface area contributed by atoms with E-state index in [2.05, 4.69) is 19.2 Å². The molecule has 2 N–H and O–H groups in total. The molecule has 0 radical (unpaired) electrons. The molecule has 0 amide bonds. The molecule has 4 heteroatoms. The lowest BCUT2D eigenvalue weighted by Crippen LogP contribution is -2.34. The number of carboxylic acids is 1. The molecule has 3 unspecified atom stereocenters. The molecule has 88 valence electrons. The zero-order chi connectivity index (χ0) is 11.3. The van der Waals surface area contributed by atoms with Crippen molar-refractivity contribution in [1.29, 1.82) is 0 Å². The average Bonchev–Trinajstić information content (AvgIpc) is 2.63. The second-order valence-corrected chi connectivity index (χ2v) is 4.26. The Morgan fingerprint density at radius 1 is 1.60 bits per heavy atom. The maximum Gasteiger partial charge on any atom is 0.332 e. The van der Waals surface area contributed by atoms with E-state index in [-0.39, 0.29) is 6.10 Å². The first-order chi connectivity index (χ1) is 7.13. The van der Waals surface area contributed by atoms with Gasteiger partial charge in [0.15, 0.2) is 6.10 Å². The van der Waals surface area contributed by atoms with E-state index in [0.29, 0.717) is 12.5 Å². The van der Waals surface area contributed by atoms with Crippen molar-refractivity contribution in [2.45, 2.75) is 57.8 Å². The summed E-state index contributed by atoms with van der Waals surface area (Å²) in [6.45, 7) is 5.07. The number of ether oxygens (including phenoxy) is 1. The van der Waals surface area contributed by atoms with E-state index in [1.165, 1.54) is 0 Å². The van der Waals surface area contributed by atoms with Crippen molar-refractivity contribution in [3.8, 4) is 0 Å². The predicted octanol–water partition coefficient (Wildman–Crippen LogP) is 1.40. The molecule has 0 spiro atoms. The molecule has 0 aromatic heterocycles. The van der Waals surface area contributed by atoms with Gasteiger partial charge in [-0.2, -0.15) is 0 Å². The van der Waals surface area contributed by atoms with Gasteiger partial charge in [-0.15, -0.1) is 0 Å². The Kier molecular flexibility index (Phi) is 5.05. The molecule has 4 nitrogen and oxygen atoms in total. The van der Waals surface area contributed by atoms with Crippen molar-refractivity contribution in [2.24, 2.45) is 0 Å². The Balaban J connectivity index is 2.16. The lowest BCUT2D eigenvalue weighted by Gasteiger charge is -2.16. The topological polar surface area (TPSA) is 58.6 Å². The summed E-state index contributed by atoms with van der Waals surface area (Å²) in [6, 6.07) is 0.488. The van der Waals surface area contributed by atoms with Gasteiger partial charge in [0, 0.05) is 12.6 Å². The highest BCUT2D eigenvalue weighted by molar-refractivity contribution is 5.72. The van der Waals surface area contributed by atoms with Gasteiger partial charge in [0.05, 0.1) is 6.10 Å². The number of carboxylic acid groups (broad SMARTS) is 1. The van der Waals surface area contributed by atoms with E-state index in [4.69, 9.17) is 9.84 Å². The van der Waals surface area contributed by atoms with E-state index in [1.807, 2.05) is 0 Å². The highest BCUT2D eigenvalue weighted by Gasteiger charge is 2.30. The molecule has 15 heavy (non-hydrogen) atoms. The third kappa shape index (κ3) is 4.18. The van der Waals surface area contributed by atoms with E-state index in [1.54, 1.807) is 0 Å². The molecular weight excluding hydrogens is 194 g/mol. The van der Waals surface area contributed by atoms with Crippen LogP contribution in [0.15, 0.2) is 0 Å². The molecule has 1 aliphatic rings. The number of rotatable bonds is 6. The molecule has 0 bridgehead atoms. The zero-order valence-corrected chi connectivity index (χ0v) is 9.53. The summed E-state index contributed by atoms with van der Waals surface area (Å²) in [5.74, 6) is -0.834. The highest BCUT2D eigenvalue weighted by atomic mass is 16.5. The monoisotopic (exact) mass is 215 g/mol. The number of carbonyl (C=O) groups is 1. The lowest BCUT2D eigenvalue weighted by atomic mass is 10.1. The molecule has 1 heterocycles. The molecule has 1 saturated heterocycles. The summed E-state index contributed by atoms with van der Waals surface area (Å²) in [7, 11) is 0. The van der Waals surface area contributed by atoms with Crippen molar-refractivity contribution in [1.82, 2.24) is 5.32 Å². The van der Waals surface area contributed by atoms with Crippen LogP contribution in [0.1, 0.15) is 39.5 Å². The summed E-state index contributed by atoms with van der Waals surface area (Å²) in [4.78, 5) is 10.6. The van der Waals surface area contributed by atoms with E-state index < -0.39 is 12.1 Å². The van der Waals surface area contributed by atoms with Crippen molar-refractivity contribution in [2.75, 3.05) is 6.54 Å². The minimum atomic E-state index is -0.834. The van der Waals surface area contributed by atoms with Crippen LogP contribution in [-0.4, -0.2) is 35.9 Å². The van der Waals surface area contributed by atoms with Gasteiger partial charge in [0.1, 0.15) is 0 Å². The second kappa shape index (κ2) is 6.08. The Morgan fingerprint density at radius 3 is 2.87 bits per heavy atom. The second-order valence-electron chi connectivity index (χ2n) is 4.26. The molecule has 1 aliphatic heterocycles. The van der Waals surface area contributed by atoms with Crippen LogP contribution in [0, 0.1) is 0 Å². The number of hydrogen-bond acceptors (Lipinski definition) is 3. The van der Waals surface area contributed by atoms with Gasteiger partial charge in [-0.1, -0.05) is 13.3 Å². The first-order valence-electron chi connectivity index (χ1n) is 5.75. The average molecular weight is 215 g/mol. The fraction of sp³-hybridized carbons (Fsp3) is 0.909. The minimum absolute atomic E-state index is 0.0745. The van der Waals surface area contributed by atoms with Gasteiger partial charge in [-0.3, -0.25) is 0 Å². The van der Waals surface area contributed by atoms with Crippen LogP contribution in [0.3, 0.4) is 0 Å². The molecule has 0 aliphatic carbocycles. The zero-order valence-electron chi connectivity index (χ0n) is 9.53. The Morgan fingerprint density at radius 2 is 2.33 bits per heavy atom. The van der Waals surface area contributed by atoms with Gasteiger partial charge in [-0.05, 0) is 26.2 Å². The molecular formula is C11H21NO3. The maximum absolute atomic E-state index is 10.6. The van der Waals surface area contributed by atoms with Crippen molar-refractivity contribution in [3.05, 3.63) is 0 Å². The SMILES string of the molecule is CCCC(C)NCC1CCC(C(=O)O)O1. The third-order valence-electron chi connectivity index (χ3n) is 2.80. The third-order valence-corrected chi connectivity index (χ3v) is 2.80. The Hall–Kier alpha value is -0.610. The molecule has 3 atom stereocenters. The van der Waals surface area contributed by atoms with Crippen LogP contribution in [0.2, 0.25) is 0 Å².